The summed E-state index contributed by atoms with van der Waals surface area (Å²) in [7, 11) is 1.35. The van der Waals surface area contributed by atoms with Gasteiger partial charge in [0, 0.05) is 12.7 Å². The minimum absolute atomic E-state index is 0.239. The first-order valence-electron chi connectivity index (χ1n) is 5.69. The van der Waals surface area contributed by atoms with Crippen LogP contribution in [0.2, 0.25) is 0 Å². The zero-order valence-electron chi connectivity index (χ0n) is 9.73. The largest absolute Gasteiger partial charge is 0.467 e. The average molecular weight is 238 g/mol. The van der Waals surface area contributed by atoms with Gasteiger partial charge >= 0.3 is 5.97 Å². The minimum Gasteiger partial charge on any atom is -0.467 e. The lowest BCUT2D eigenvalue weighted by atomic mass is 10.0. The van der Waals surface area contributed by atoms with Crippen molar-refractivity contribution in [3.05, 3.63) is 24.1 Å². The van der Waals surface area contributed by atoms with Crippen molar-refractivity contribution in [3.8, 4) is 0 Å². The number of piperidine rings is 1. The summed E-state index contributed by atoms with van der Waals surface area (Å²) in [6.07, 6.45) is 4.10. The Balaban J connectivity index is 2.28. The standard InChI is InChI=1S/C12H15FN2O2/c1-17-12(16)10-6-2-3-8-15(10)11-9(13)5-4-7-14-11/h4-5,7,10H,2-3,6,8H2,1H3. The number of methoxy groups -OCH3 is 1. The summed E-state index contributed by atoms with van der Waals surface area (Å²) in [5, 5.41) is 0. The third kappa shape index (κ3) is 2.38. The van der Waals surface area contributed by atoms with Crippen LogP contribution >= 0.6 is 0 Å². The molecule has 2 rings (SSSR count). The molecule has 1 aliphatic heterocycles. The fraction of sp³-hybridized carbons (Fsp3) is 0.500. The number of carbonyl (C=O) groups is 1. The van der Waals surface area contributed by atoms with E-state index >= 15 is 0 Å². The number of rotatable bonds is 2. The van der Waals surface area contributed by atoms with Gasteiger partial charge in [0.25, 0.3) is 0 Å². The van der Waals surface area contributed by atoms with Crippen molar-refractivity contribution in [2.45, 2.75) is 25.3 Å². The maximum atomic E-state index is 13.7. The molecular formula is C12H15FN2O2. The number of halogens is 1. The average Bonchev–Trinajstić information content (AvgIpc) is 2.38. The van der Waals surface area contributed by atoms with E-state index in [1.54, 1.807) is 4.90 Å². The second-order valence-corrected chi connectivity index (χ2v) is 4.04. The molecule has 0 radical (unpaired) electrons. The lowest BCUT2D eigenvalue weighted by Crippen LogP contribution is -2.46. The van der Waals surface area contributed by atoms with Gasteiger partial charge in [0.05, 0.1) is 7.11 Å². The molecule has 92 valence electrons. The maximum absolute atomic E-state index is 13.7. The second kappa shape index (κ2) is 5.12. The third-order valence-electron chi connectivity index (χ3n) is 2.99. The summed E-state index contributed by atoms with van der Waals surface area (Å²) < 4.78 is 18.4. The molecule has 0 aromatic carbocycles. The van der Waals surface area contributed by atoms with E-state index < -0.39 is 11.9 Å². The Bertz CT molecular complexity index is 411. The van der Waals surface area contributed by atoms with Crippen molar-refractivity contribution >= 4 is 11.8 Å². The van der Waals surface area contributed by atoms with Crippen molar-refractivity contribution in [2.75, 3.05) is 18.6 Å². The Labute approximate surface area is 99.4 Å². The normalized spacial score (nSPS) is 20.1. The summed E-state index contributed by atoms with van der Waals surface area (Å²) in [5.41, 5.74) is 0. The van der Waals surface area contributed by atoms with Crippen molar-refractivity contribution in [2.24, 2.45) is 0 Å². The molecule has 0 N–H and O–H groups in total. The number of carbonyl (C=O) groups excluding carboxylic acids is 1. The predicted molar refractivity (Wildman–Crippen MR) is 61.2 cm³/mol. The van der Waals surface area contributed by atoms with Crippen LogP contribution in [0.3, 0.4) is 0 Å². The van der Waals surface area contributed by atoms with Crippen LogP contribution < -0.4 is 4.90 Å². The smallest absolute Gasteiger partial charge is 0.328 e. The van der Waals surface area contributed by atoms with Gasteiger partial charge in [-0.1, -0.05) is 0 Å². The predicted octanol–water partition coefficient (Wildman–Crippen LogP) is 1.75. The second-order valence-electron chi connectivity index (χ2n) is 4.04. The van der Waals surface area contributed by atoms with Crippen LogP contribution in [-0.2, 0) is 9.53 Å². The zero-order chi connectivity index (χ0) is 12.3. The number of aromatic nitrogens is 1. The van der Waals surface area contributed by atoms with E-state index in [0.29, 0.717) is 13.0 Å². The number of pyridine rings is 1. The quantitative estimate of drug-likeness (QED) is 0.736. The molecule has 0 spiro atoms. The van der Waals surface area contributed by atoms with Crippen molar-refractivity contribution in [1.29, 1.82) is 0 Å². The first kappa shape index (κ1) is 11.8. The summed E-state index contributed by atoms with van der Waals surface area (Å²) in [5.74, 6) is -0.486. The first-order chi connectivity index (χ1) is 8.24. The zero-order valence-corrected chi connectivity index (χ0v) is 9.73. The molecule has 17 heavy (non-hydrogen) atoms. The summed E-state index contributed by atoms with van der Waals surface area (Å²) in [6, 6.07) is 2.47. The summed E-state index contributed by atoms with van der Waals surface area (Å²) in [4.78, 5) is 17.4. The van der Waals surface area contributed by atoms with Crippen LogP contribution in [0.15, 0.2) is 18.3 Å². The van der Waals surface area contributed by atoms with Crippen LogP contribution in [-0.4, -0.2) is 30.6 Å². The topological polar surface area (TPSA) is 42.4 Å². The van der Waals surface area contributed by atoms with Crippen LogP contribution in [0.4, 0.5) is 10.2 Å². The molecule has 1 unspecified atom stereocenters. The lowest BCUT2D eigenvalue weighted by Gasteiger charge is -2.34. The molecule has 1 fully saturated rings. The molecule has 1 aromatic rings. The third-order valence-corrected chi connectivity index (χ3v) is 2.99. The van der Waals surface area contributed by atoms with Crippen LogP contribution in [0.1, 0.15) is 19.3 Å². The van der Waals surface area contributed by atoms with Gasteiger partial charge in [-0.2, -0.15) is 0 Å². The highest BCUT2D eigenvalue weighted by Gasteiger charge is 2.31. The van der Waals surface area contributed by atoms with Crippen molar-refractivity contribution in [1.82, 2.24) is 4.98 Å². The van der Waals surface area contributed by atoms with Gasteiger partial charge in [0.2, 0.25) is 0 Å². The summed E-state index contributed by atoms with van der Waals surface area (Å²) in [6.45, 7) is 0.633. The first-order valence-corrected chi connectivity index (χ1v) is 5.69. The van der Waals surface area contributed by atoms with Gasteiger partial charge in [0.15, 0.2) is 11.6 Å². The van der Waals surface area contributed by atoms with E-state index in [9.17, 15) is 9.18 Å². The van der Waals surface area contributed by atoms with Crippen molar-refractivity contribution in [3.63, 3.8) is 0 Å². The molecule has 1 aliphatic rings. The van der Waals surface area contributed by atoms with Gasteiger partial charge in [-0.05, 0) is 31.4 Å². The summed E-state index contributed by atoms with van der Waals surface area (Å²) >= 11 is 0. The van der Waals surface area contributed by atoms with Gasteiger partial charge in [-0.15, -0.1) is 0 Å². The van der Waals surface area contributed by atoms with E-state index in [1.807, 2.05) is 0 Å². The van der Waals surface area contributed by atoms with E-state index in [4.69, 9.17) is 4.74 Å². The van der Waals surface area contributed by atoms with Crippen LogP contribution in [0, 0.1) is 5.82 Å². The van der Waals surface area contributed by atoms with Gasteiger partial charge < -0.3 is 9.64 Å². The molecule has 4 nitrogen and oxygen atoms in total. The monoisotopic (exact) mass is 238 g/mol. The number of hydrogen-bond donors (Lipinski definition) is 0. The van der Waals surface area contributed by atoms with Gasteiger partial charge in [-0.3, -0.25) is 0 Å². The Kier molecular flexibility index (Phi) is 3.56. The number of esters is 1. The highest BCUT2D eigenvalue weighted by atomic mass is 19.1. The van der Waals surface area contributed by atoms with E-state index in [1.165, 1.54) is 25.4 Å². The molecule has 0 bridgehead atoms. The molecule has 1 saturated heterocycles. The van der Waals surface area contributed by atoms with E-state index in [0.717, 1.165) is 12.8 Å². The number of ether oxygens (including phenoxy) is 1. The SMILES string of the molecule is COC(=O)C1CCCCN1c1ncccc1F. The Morgan fingerprint density at radius 1 is 1.59 bits per heavy atom. The Morgan fingerprint density at radius 2 is 2.41 bits per heavy atom. The highest BCUT2D eigenvalue weighted by molar-refractivity contribution is 5.79. The number of nitrogens with zero attached hydrogens (tertiary/aromatic N) is 2. The van der Waals surface area contributed by atoms with E-state index in [2.05, 4.69) is 4.98 Å². The fourth-order valence-corrected chi connectivity index (χ4v) is 2.15. The lowest BCUT2D eigenvalue weighted by molar-refractivity contribution is -0.142. The molecule has 0 aliphatic carbocycles. The molecule has 0 saturated carbocycles. The number of anilines is 1. The maximum Gasteiger partial charge on any atom is 0.328 e. The minimum atomic E-state index is -0.418. The molecule has 0 amide bonds. The van der Waals surface area contributed by atoms with E-state index in [-0.39, 0.29) is 11.8 Å². The van der Waals surface area contributed by atoms with Crippen molar-refractivity contribution < 1.29 is 13.9 Å². The molecular weight excluding hydrogens is 223 g/mol. The highest BCUT2D eigenvalue weighted by Crippen LogP contribution is 2.25. The molecule has 1 aromatic heterocycles. The Morgan fingerprint density at radius 3 is 3.12 bits per heavy atom. The molecule has 1 atom stereocenters. The Hall–Kier alpha value is -1.65. The van der Waals surface area contributed by atoms with Gasteiger partial charge in [0.1, 0.15) is 6.04 Å². The number of hydrogen-bond acceptors (Lipinski definition) is 4. The molecule has 2 heterocycles. The van der Waals surface area contributed by atoms with Crippen LogP contribution in [0.5, 0.6) is 0 Å². The van der Waals surface area contributed by atoms with Crippen LogP contribution in [0.25, 0.3) is 0 Å². The molecule has 5 heteroatoms. The fourth-order valence-electron chi connectivity index (χ4n) is 2.15. The van der Waals surface area contributed by atoms with Gasteiger partial charge in [-0.25, -0.2) is 14.2 Å².